The smallest absolute Gasteiger partial charge is 0.416 e. The lowest BCUT2D eigenvalue weighted by atomic mass is 10.1. The van der Waals surface area contributed by atoms with Crippen molar-refractivity contribution < 1.29 is 37.3 Å². The van der Waals surface area contributed by atoms with Crippen LogP contribution in [0.4, 0.5) is 13.2 Å². The fraction of sp³-hybridized carbons (Fsp3) is 0.308. The second-order valence-corrected chi connectivity index (χ2v) is 7.97. The van der Waals surface area contributed by atoms with E-state index in [0.29, 0.717) is 30.0 Å². The minimum absolute atomic E-state index is 0.00280. The summed E-state index contributed by atoms with van der Waals surface area (Å²) in [6.45, 7) is 3.90. The Labute approximate surface area is 201 Å². The topological polar surface area (TPSA) is 77.9 Å². The first kappa shape index (κ1) is 25.9. The van der Waals surface area contributed by atoms with Crippen molar-refractivity contribution in [1.82, 2.24) is 4.98 Å². The average Bonchev–Trinajstić information content (AvgIpc) is 2.79. The van der Waals surface area contributed by atoms with Crippen molar-refractivity contribution in [3.05, 3.63) is 77.6 Å². The highest BCUT2D eigenvalue weighted by molar-refractivity contribution is 5.67. The van der Waals surface area contributed by atoms with E-state index in [1.807, 2.05) is 6.92 Å². The fourth-order valence-electron chi connectivity index (χ4n) is 3.24. The lowest BCUT2D eigenvalue weighted by Gasteiger charge is -2.19. The predicted octanol–water partition coefficient (Wildman–Crippen LogP) is 6.45. The van der Waals surface area contributed by atoms with Crippen molar-refractivity contribution in [2.24, 2.45) is 0 Å². The van der Waals surface area contributed by atoms with Crippen molar-refractivity contribution in [3.8, 4) is 23.0 Å². The van der Waals surface area contributed by atoms with Crippen molar-refractivity contribution in [3.63, 3.8) is 0 Å². The number of hydrogen-bond acceptors (Lipinski definition) is 5. The van der Waals surface area contributed by atoms with Gasteiger partial charge in [0.05, 0.1) is 30.9 Å². The summed E-state index contributed by atoms with van der Waals surface area (Å²) < 4.78 is 56.9. The summed E-state index contributed by atoms with van der Waals surface area (Å²) in [5.74, 6) is 0.204. The van der Waals surface area contributed by atoms with Gasteiger partial charge in [0, 0.05) is 18.5 Å². The molecule has 3 rings (SSSR count). The van der Waals surface area contributed by atoms with E-state index in [1.165, 1.54) is 12.3 Å². The standard InChI is InChI=1S/C26H26F3NO5/c1-17-14-21(16-30-22(17)9-11-25(31)32)33-13-12-18(2)34-23-10-8-19(26(27,28)29)15-24(23)35-20-6-4-3-5-7-20/h3-8,10,14-16,18H,9,11-13H2,1-2H3,(H,31,32). The van der Waals surface area contributed by atoms with E-state index >= 15 is 0 Å². The third-order valence-electron chi connectivity index (χ3n) is 5.10. The molecule has 1 atom stereocenters. The zero-order chi connectivity index (χ0) is 25.4. The van der Waals surface area contributed by atoms with E-state index in [1.54, 1.807) is 43.3 Å². The normalized spacial score (nSPS) is 12.1. The molecule has 2 aromatic carbocycles. The number of halogens is 3. The second-order valence-electron chi connectivity index (χ2n) is 7.97. The third-order valence-corrected chi connectivity index (χ3v) is 5.10. The number of nitrogens with zero attached hydrogens (tertiary/aromatic N) is 1. The van der Waals surface area contributed by atoms with Crippen LogP contribution in [-0.4, -0.2) is 28.8 Å². The molecule has 1 aromatic heterocycles. The van der Waals surface area contributed by atoms with Crippen LogP contribution in [-0.2, 0) is 17.4 Å². The van der Waals surface area contributed by atoms with Crippen molar-refractivity contribution in [2.45, 2.75) is 45.4 Å². The minimum atomic E-state index is -4.51. The van der Waals surface area contributed by atoms with Gasteiger partial charge < -0.3 is 19.3 Å². The number of carboxylic acid groups (broad SMARTS) is 1. The molecule has 0 fully saturated rings. The lowest BCUT2D eigenvalue weighted by Crippen LogP contribution is -2.16. The molecule has 1 heterocycles. The van der Waals surface area contributed by atoms with Gasteiger partial charge in [0.2, 0.25) is 0 Å². The Balaban J connectivity index is 1.61. The van der Waals surface area contributed by atoms with Crippen LogP contribution in [0.3, 0.4) is 0 Å². The van der Waals surface area contributed by atoms with Gasteiger partial charge in [0.25, 0.3) is 0 Å². The Kier molecular flexibility index (Phi) is 8.57. The summed E-state index contributed by atoms with van der Waals surface area (Å²) >= 11 is 0. The maximum absolute atomic E-state index is 13.2. The summed E-state index contributed by atoms with van der Waals surface area (Å²) in [5, 5.41) is 8.81. The van der Waals surface area contributed by atoms with Crippen LogP contribution in [0.5, 0.6) is 23.0 Å². The maximum atomic E-state index is 13.2. The fourth-order valence-corrected chi connectivity index (χ4v) is 3.24. The first-order valence-corrected chi connectivity index (χ1v) is 11.0. The molecular formula is C26H26F3NO5. The molecule has 1 N–H and O–H groups in total. The Bertz CT molecular complexity index is 1140. The van der Waals surface area contributed by atoms with Crippen LogP contribution in [0.15, 0.2) is 60.8 Å². The maximum Gasteiger partial charge on any atom is 0.416 e. The zero-order valence-corrected chi connectivity index (χ0v) is 19.3. The van der Waals surface area contributed by atoms with Gasteiger partial charge in [0.1, 0.15) is 11.5 Å². The van der Waals surface area contributed by atoms with Crippen LogP contribution in [0.1, 0.15) is 36.6 Å². The number of aryl methyl sites for hydroxylation is 2. The van der Waals surface area contributed by atoms with Gasteiger partial charge in [-0.05, 0) is 55.8 Å². The molecule has 0 aliphatic rings. The van der Waals surface area contributed by atoms with Crippen LogP contribution in [0.25, 0.3) is 0 Å². The SMILES string of the molecule is Cc1cc(OCCC(C)Oc2ccc(C(F)(F)F)cc2Oc2ccccc2)cnc1CCC(=O)O. The molecule has 0 saturated carbocycles. The molecule has 0 spiro atoms. The molecule has 0 radical (unpaired) electrons. The lowest BCUT2D eigenvalue weighted by molar-refractivity contribution is -0.138. The van der Waals surface area contributed by atoms with E-state index in [0.717, 1.165) is 17.7 Å². The van der Waals surface area contributed by atoms with E-state index in [4.69, 9.17) is 19.3 Å². The van der Waals surface area contributed by atoms with Gasteiger partial charge in [0.15, 0.2) is 11.5 Å². The first-order valence-electron chi connectivity index (χ1n) is 11.0. The van der Waals surface area contributed by atoms with Crippen LogP contribution in [0.2, 0.25) is 0 Å². The summed E-state index contributed by atoms with van der Waals surface area (Å²) in [5.41, 5.74) is 0.701. The Hall–Kier alpha value is -3.75. The Morgan fingerprint density at radius 3 is 2.46 bits per heavy atom. The van der Waals surface area contributed by atoms with Gasteiger partial charge in [-0.25, -0.2) is 0 Å². The number of pyridine rings is 1. The largest absolute Gasteiger partial charge is 0.492 e. The number of para-hydroxylation sites is 1. The molecule has 0 aliphatic carbocycles. The minimum Gasteiger partial charge on any atom is -0.492 e. The number of ether oxygens (including phenoxy) is 3. The number of aromatic nitrogens is 1. The van der Waals surface area contributed by atoms with Crippen molar-refractivity contribution in [1.29, 1.82) is 0 Å². The first-order chi connectivity index (χ1) is 16.6. The van der Waals surface area contributed by atoms with E-state index < -0.39 is 17.7 Å². The molecule has 9 heteroatoms. The highest BCUT2D eigenvalue weighted by atomic mass is 19.4. The molecule has 3 aromatic rings. The molecule has 6 nitrogen and oxygen atoms in total. The van der Waals surface area contributed by atoms with E-state index in [9.17, 15) is 18.0 Å². The molecule has 186 valence electrons. The van der Waals surface area contributed by atoms with Gasteiger partial charge in [-0.3, -0.25) is 9.78 Å². The molecule has 35 heavy (non-hydrogen) atoms. The van der Waals surface area contributed by atoms with Crippen LogP contribution >= 0.6 is 0 Å². The highest BCUT2D eigenvalue weighted by Gasteiger charge is 2.31. The van der Waals surface area contributed by atoms with Gasteiger partial charge in [-0.15, -0.1) is 0 Å². The zero-order valence-electron chi connectivity index (χ0n) is 19.3. The molecular weight excluding hydrogens is 463 g/mol. The molecule has 0 amide bonds. The van der Waals surface area contributed by atoms with Gasteiger partial charge >= 0.3 is 12.1 Å². The number of rotatable bonds is 11. The number of aliphatic carboxylic acids is 1. The number of carboxylic acids is 1. The molecule has 0 aliphatic heterocycles. The van der Waals surface area contributed by atoms with Crippen molar-refractivity contribution >= 4 is 5.97 Å². The van der Waals surface area contributed by atoms with Gasteiger partial charge in [-0.1, -0.05) is 18.2 Å². The summed E-state index contributed by atoms with van der Waals surface area (Å²) in [4.78, 5) is 15.0. The van der Waals surface area contributed by atoms with Gasteiger partial charge in [-0.2, -0.15) is 13.2 Å². The van der Waals surface area contributed by atoms with Crippen LogP contribution < -0.4 is 14.2 Å². The number of hydrogen-bond donors (Lipinski definition) is 1. The van der Waals surface area contributed by atoms with Crippen molar-refractivity contribution in [2.75, 3.05) is 6.61 Å². The number of carbonyl (C=O) groups is 1. The summed E-state index contributed by atoms with van der Waals surface area (Å²) in [6, 6.07) is 13.4. The highest BCUT2D eigenvalue weighted by Crippen LogP contribution is 2.38. The third kappa shape index (κ3) is 7.91. The number of benzene rings is 2. The summed E-state index contributed by atoms with van der Waals surface area (Å²) in [7, 11) is 0. The summed E-state index contributed by atoms with van der Waals surface area (Å²) in [6.07, 6.45) is -2.56. The Morgan fingerprint density at radius 1 is 1.06 bits per heavy atom. The number of alkyl halides is 3. The molecule has 0 saturated heterocycles. The Morgan fingerprint density at radius 2 is 1.80 bits per heavy atom. The van der Waals surface area contributed by atoms with E-state index in [2.05, 4.69) is 4.98 Å². The second kappa shape index (κ2) is 11.6. The molecule has 0 bridgehead atoms. The molecule has 1 unspecified atom stereocenters. The quantitative estimate of drug-likeness (QED) is 0.333. The monoisotopic (exact) mass is 489 g/mol. The average molecular weight is 489 g/mol. The van der Waals surface area contributed by atoms with E-state index in [-0.39, 0.29) is 30.6 Å². The van der Waals surface area contributed by atoms with Crippen LogP contribution in [0, 0.1) is 6.92 Å². The predicted molar refractivity (Wildman–Crippen MR) is 123 cm³/mol.